The summed E-state index contributed by atoms with van der Waals surface area (Å²) in [7, 11) is 0. The number of hydrogen-bond acceptors (Lipinski definition) is 4. The lowest BCUT2D eigenvalue weighted by atomic mass is 9.48. The molecule has 4 bridgehead atoms. The summed E-state index contributed by atoms with van der Waals surface area (Å²) in [6, 6.07) is 14.7. The fourth-order valence-corrected chi connectivity index (χ4v) is 8.26. The summed E-state index contributed by atoms with van der Waals surface area (Å²) >= 11 is 6.58. The Morgan fingerprint density at radius 3 is 2.26 bits per heavy atom. The second kappa shape index (κ2) is 7.21. The molecule has 2 aromatic carbocycles. The highest BCUT2D eigenvalue weighted by molar-refractivity contribution is 7.73. The minimum Gasteiger partial charge on any atom is -0.508 e. The molecular weight excluding hydrogens is 422 g/mol. The monoisotopic (exact) mass is 449 g/mol. The lowest BCUT2D eigenvalue weighted by Crippen LogP contribution is -2.48. The minimum atomic E-state index is 0.172. The maximum Gasteiger partial charge on any atom is 0.203 e. The van der Waals surface area contributed by atoms with Gasteiger partial charge in [-0.1, -0.05) is 30.3 Å². The van der Waals surface area contributed by atoms with Crippen molar-refractivity contribution < 1.29 is 10.2 Å². The first-order chi connectivity index (χ1) is 15.0. The van der Waals surface area contributed by atoms with E-state index in [2.05, 4.69) is 35.3 Å². The number of aromatic hydroxyl groups is 2. The molecule has 0 atom stereocenters. The molecule has 4 aliphatic carbocycles. The zero-order chi connectivity index (χ0) is 21.2. The van der Waals surface area contributed by atoms with Gasteiger partial charge in [0.05, 0.1) is 4.88 Å². The number of rotatable bonds is 4. The summed E-state index contributed by atoms with van der Waals surface area (Å²) in [5.74, 6) is 3.19. The van der Waals surface area contributed by atoms with Gasteiger partial charge in [-0.05, 0) is 103 Å². The van der Waals surface area contributed by atoms with E-state index in [0.29, 0.717) is 16.1 Å². The molecule has 3 N–H and O–H groups in total. The third-order valence-corrected chi connectivity index (χ3v) is 9.16. The van der Waals surface area contributed by atoms with Crippen LogP contribution in [0.15, 0.2) is 42.5 Å². The van der Waals surface area contributed by atoms with Crippen LogP contribution in [0.4, 0.5) is 0 Å². The molecule has 0 spiro atoms. The Morgan fingerprint density at radius 1 is 0.935 bits per heavy atom. The molecule has 5 heteroatoms. The van der Waals surface area contributed by atoms with Gasteiger partial charge >= 0.3 is 0 Å². The smallest absolute Gasteiger partial charge is 0.203 e. The van der Waals surface area contributed by atoms with Crippen molar-refractivity contribution >= 4 is 23.6 Å². The Labute approximate surface area is 191 Å². The molecule has 0 aliphatic heterocycles. The predicted molar refractivity (Wildman–Crippen MR) is 127 cm³/mol. The normalized spacial score (nSPS) is 28.8. The standard InChI is InChI=1S/C26H27NO2S2/c28-22-5-4-20(11-21(22)26-12-16-6-17(13-26)8-18(7-16)14-26)19-3-1-2-15(9-19)10-23-24(29)27-25(30)31-23/h1-5,9,11,16-18,28-29H,6-8,10,12-14H2,(H,27,30). The molecule has 1 aromatic heterocycles. The number of phenols is 1. The quantitative estimate of drug-likeness (QED) is 0.378. The van der Waals surface area contributed by atoms with Gasteiger partial charge in [-0.3, -0.25) is 0 Å². The van der Waals surface area contributed by atoms with E-state index < -0.39 is 0 Å². The van der Waals surface area contributed by atoms with Crippen molar-refractivity contribution in [2.24, 2.45) is 17.8 Å². The van der Waals surface area contributed by atoms with Crippen LogP contribution in [-0.4, -0.2) is 15.2 Å². The topological polar surface area (TPSA) is 56.2 Å². The highest BCUT2D eigenvalue weighted by Crippen LogP contribution is 2.62. The minimum absolute atomic E-state index is 0.172. The van der Waals surface area contributed by atoms with Crippen LogP contribution in [-0.2, 0) is 11.8 Å². The molecule has 0 unspecified atom stereocenters. The molecule has 0 saturated heterocycles. The first kappa shape index (κ1) is 19.6. The van der Waals surface area contributed by atoms with Gasteiger partial charge in [-0.15, -0.1) is 11.3 Å². The van der Waals surface area contributed by atoms with Gasteiger partial charge in [0.15, 0.2) is 3.95 Å². The molecule has 160 valence electrons. The van der Waals surface area contributed by atoms with Crippen LogP contribution >= 0.6 is 23.6 Å². The molecule has 3 nitrogen and oxygen atoms in total. The maximum atomic E-state index is 10.9. The average molecular weight is 450 g/mol. The molecule has 4 saturated carbocycles. The fourth-order valence-electron chi connectivity index (χ4n) is 7.10. The first-order valence-corrected chi connectivity index (χ1v) is 12.5. The Hall–Kier alpha value is -2.11. The third kappa shape index (κ3) is 3.42. The second-order valence-electron chi connectivity index (χ2n) is 10.1. The van der Waals surface area contributed by atoms with Gasteiger partial charge in [0.25, 0.3) is 0 Å². The second-order valence-corrected chi connectivity index (χ2v) is 11.9. The van der Waals surface area contributed by atoms with E-state index in [9.17, 15) is 10.2 Å². The number of H-pyrrole nitrogens is 1. The average Bonchev–Trinajstić information content (AvgIpc) is 3.04. The van der Waals surface area contributed by atoms with Gasteiger partial charge in [-0.2, -0.15) is 0 Å². The summed E-state index contributed by atoms with van der Waals surface area (Å²) in [6.07, 6.45) is 8.59. The third-order valence-electron chi connectivity index (χ3n) is 7.93. The fraction of sp³-hybridized carbons (Fsp3) is 0.423. The van der Waals surface area contributed by atoms with Crippen molar-refractivity contribution in [2.45, 2.75) is 50.4 Å². The van der Waals surface area contributed by atoms with Crippen LogP contribution < -0.4 is 0 Å². The molecular formula is C26H27NO2S2. The van der Waals surface area contributed by atoms with Crippen LogP contribution in [0, 0.1) is 21.7 Å². The van der Waals surface area contributed by atoms with Crippen LogP contribution in [0.3, 0.4) is 0 Å². The van der Waals surface area contributed by atoms with Crippen LogP contribution in [0.5, 0.6) is 11.6 Å². The van der Waals surface area contributed by atoms with Crippen LogP contribution in [0.1, 0.15) is 54.5 Å². The predicted octanol–water partition coefficient (Wildman–Crippen LogP) is 6.94. The summed E-state index contributed by atoms with van der Waals surface area (Å²) < 4.78 is 0.599. The molecule has 31 heavy (non-hydrogen) atoms. The Bertz CT molecular complexity index is 1170. The first-order valence-electron chi connectivity index (χ1n) is 11.3. The number of hydrogen-bond donors (Lipinski definition) is 3. The summed E-state index contributed by atoms with van der Waals surface area (Å²) in [6.45, 7) is 0. The van der Waals surface area contributed by atoms with Crippen molar-refractivity contribution in [1.82, 2.24) is 4.98 Å². The Morgan fingerprint density at radius 2 is 1.61 bits per heavy atom. The Balaban J connectivity index is 1.35. The highest BCUT2D eigenvalue weighted by Gasteiger charge is 2.52. The molecule has 4 aliphatic rings. The molecule has 7 rings (SSSR count). The molecule has 1 heterocycles. The van der Waals surface area contributed by atoms with E-state index in [1.54, 1.807) is 0 Å². The van der Waals surface area contributed by atoms with Crippen molar-refractivity contribution in [1.29, 1.82) is 0 Å². The molecule has 4 fully saturated rings. The summed E-state index contributed by atoms with van der Waals surface area (Å²) in [5.41, 5.74) is 4.81. The van der Waals surface area contributed by atoms with E-state index in [-0.39, 0.29) is 11.3 Å². The SMILES string of the molecule is Oc1ccc(-c2cccc(Cc3sc(=S)[nH]c3O)c2)cc1C12CC3CC(CC(C3)C1)C2. The summed E-state index contributed by atoms with van der Waals surface area (Å²) in [4.78, 5) is 3.67. The number of thiazole rings is 1. The van der Waals surface area contributed by atoms with Crippen molar-refractivity contribution in [3.05, 3.63) is 62.4 Å². The number of aromatic amines is 1. The molecule has 0 radical (unpaired) electrons. The lowest BCUT2D eigenvalue weighted by Gasteiger charge is -2.57. The van der Waals surface area contributed by atoms with Crippen molar-refractivity contribution in [3.8, 4) is 22.8 Å². The van der Waals surface area contributed by atoms with Gasteiger partial charge in [0.1, 0.15) is 5.75 Å². The van der Waals surface area contributed by atoms with E-state index in [0.717, 1.165) is 39.3 Å². The zero-order valence-electron chi connectivity index (χ0n) is 17.4. The van der Waals surface area contributed by atoms with Crippen LogP contribution in [0.2, 0.25) is 0 Å². The highest BCUT2D eigenvalue weighted by atomic mass is 32.1. The largest absolute Gasteiger partial charge is 0.508 e. The molecule has 0 amide bonds. The lowest BCUT2D eigenvalue weighted by molar-refractivity contribution is -0.00611. The van der Waals surface area contributed by atoms with E-state index in [4.69, 9.17) is 12.2 Å². The van der Waals surface area contributed by atoms with Crippen LogP contribution in [0.25, 0.3) is 11.1 Å². The van der Waals surface area contributed by atoms with E-state index in [1.807, 2.05) is 12.1 Å². The number of phenolic OH excluding ortho intramolecular Hbond substituents is 1. The van der Waals surface area contributed by atoms with Gasteiger partial charge in [-0.25, -0.2) is 0 Å². The van der Waals surface area contributed by atoms with E-state index in [1.165, 1.54) is 55.4 Å². The van der Waals surface area contributed by atoms with E-state index >= 15 is 0 Å². The molecule has 3 aromatic rings. The zero-order valence-corrected chi connectivity index (χ0v) is 19.1. The van der Waals surface area contributed by atoms with Gasteiger partial charge < -0.3 is 15.2 Å². The summed E-state index contributed by atoms with van der Waals surface area (Å²) in [5, 5.41) is 20.9. The number of nitrogens with one attached hydrogen (secondary N) is 1. The number of aromatic nitrogens is 1. The Kier molecular flexibility index (Phi) is 4.55. The van der Waals surface area contributed by atoms with Gasteiger partial charge in [0.2, 0.25) is 5.88 Å². The maximum absolute atomic E-state index is 10.9. The van der Waals surface area contributed by atoms with Crippen molar-refractivity contribution in [2.75, 3.05) is 0 Å². The van der Waals surface area contributed by atoms with Gasteiger partial charge in [0, 0.05) is 12.0 Å². The number of benzene rings is 2. The van der Waals surface area contributed by atoms with Crippen molar-refractivity contribution in [3.63, 3.8) is 0 Å².